The van der Waals surface area contributed by atoms with Crippen LogP contribution in [0.3, 0.4) is 0 Å². The lowest BCUT2D eigenvalue weighted by Gasteiger charge is -2.19. The minimum absolute atomic E-state index is 0.0176. The molecule has 1 amide bonds. The molecule has 0 aliphatic heterocycles. The Bertz CT molecular complexity index is 182. The maximum Gasteiger partial charge on any atom is 0.237 e. The third kappa shape index (κ3) is 6.43. The number of carbonyl (C=O) groups excluding carboxylic acids is 1. The molecule has 0 aromatic carbocycles. The minimum Gasteiger partial charge on any atom is -0.355 e. The smallest absolute Gasteiger partial charge is 0.237 e. The van der Waals surface area contributed by atoms with Crippen LogP contribution in [0.15, 0.2) is 0 Å². The van der Waals surface area contributed by atoms with Gasteiger partial charge in [-0.25, -0.2) is 0 Å². The normalized spacial score (nSPS) is 13.3. The molecule has 2 N–H and O–H groups in total. The first-order valence-corrected chi connectivity index (χ1v) is 5.10. The second kappa shape index (κ2) is 7.62. The molecule has 1 unspecified atom stereocenters. The molecule has 0 fully saturated rings. The molecule has 0 rings (SSSR count). The van der Waals surface area contributed by atoms with Crippen LogP contribution < -0.4 is 10.6 Å². The van der Waals surface area contributed by atoms with E-state index < -0.39 is 0 Å². The third-order valence-corrected chi connectivity index (χ3v) is 1.94. The van der Waals surface area contributed by atoms with E-state index >= 15 is 0 Å². The van der Waals surface area contributed by atoms with Crippen LogP contribution in [-0.4, -0.2) is 45.0 Å². The quantitative estimate of drug-likeness (QED) is 0.595. The zero-order valence-corrected chi connectivity index (χ0v) is 10.2. The minimum atomic E-state index is -0.320. The average Bonchev–Trinajstić information content (AvgIpc) is 2.18. The van der Waals surface area contributed by atoms with Gasteiger partial charge in [-0.15, -0.1) is 0 Å². The Balaban J connectivity index is 3.81. The number of carbonyl (C=O) groups is 1. The van der Waals surface area contributed by atoms with Gasteiger partial charge in [-0.3, -0.25) is 4.79 Å². The Morgan fingerprint density at radius 3 is 2.13 bits per heavy atom. The molecule has 5 nitrogen and oxygen atoms in total. The first kappa shape index (κ1) is 14.3. The van der Waals surface area contributed by atoms with E-state index in [4.69, 9.17) is 9.47 Å². The highest BCUT2D eigenvalue weighted by Crippen LogP contribution is 1.91. The van der Waals surface area contributed by atoms with Crippen molar-refractivity contribution in [3.8, 4) is 0 Å². The summed E-state index contributed by atoms with van der Waals surface area (Å²) in [6.07, 6.45) is -0.320. The van der Waals surface area contributed by atoms with Crippen LogP contribution in [0, 0.1) is 0 Å². The summed E-state index contributed by atoms with van der Waals surface area (Å²) in [5.74, 6) is -0.0176. The van der Waals surface area contributed by atoms with E-state index in [1.165, 1.54) is 0 Å². The number of ether oxygens (including phenoxy) is 2. The molecule has 0 aromatic heterocycles. The van der Waals surface area contributed by atoms with Gasteiger partial charge in [0.25, 0.3) is 0 Å². The molecule has 0 heterocycles. The van der Waals surface area contributed by atoms with Crippen molar-refractivity contribution in [1.82, 2.24) is 10.6 Å². The number of hydrogen-bond donors (Lipinski definition) is 2. The SMILES string of the molecule is COC(CNC(C)C(=O)NC(C)C)OC. The Hall–Kier alpha value is -0.650. The Morgan fingerprint density at radius 1 is 1.20 bits per heavy atom. The van der Waals surface area contributed by atoms with Crippen molar-refractivity contribution in [3.05, 3.63) is 0 Å². The van der Waals surface area contributed by atoms with E-state index in [0.717, 1.165) is 0 Å². The van der Waals surface area contributed by atoms with Crippen molar-refractivity contribution in [2.24, 2.45) is 0 Å². The van der Waals surface area contributed by atoms with Gasteiger partial charge in [0, 0.05) is 26.8 Å². The first-order valence-electron chi connectivity index (χ1n) is 5.10. The molecule has 0 saturated heterocycles. The van der Waals surface area contributed by atoms with Gasteiger partial charge in [-0.2, -0.15) is 0 Å². The molecule has 5 heteroatoms. The molecule has 0 spiro atoms. The molecule has 90 valence electrons. The summed E-state index contributed by atoms with van der Waals surface area (Å²) in [5, 5.41) is 5.85. The van der Waals surface area contributed by atoms with E-state index in [1.807, 2.05) is 13.8 Å². The van der Waals surface area contributed by atoms with Gasteiger partial charge in [0.1, 0.15) is 0 Å². The molecular weight excluding hydrogens is 196 g/mol. The Kier molecular flexibility index (Phi) is 7.29. The Morgan fingerprint density at radius 2 is 1.73 bits per heavy atom. The fourth-order valence-corrected chi connectivity index (χ4v) is 1.04. The van der Waals surface area contributed by atoms with Gasteiger partial charge in [-0.05, 0) is 20.8 Å². The van der Waals surface area contributed by atoms with Gasteiger partial charge >= 0.3 is 0 Å². The van der Waals surface area contributed by atoms with Gasteiger partial charge in [-0.1, -0.05) is 0 Å². The molecular formula is C10H22N2O3. The fourth-order valence-electron chi connectivity index (χ4n) is 1.04. The van der Waals surface area contributed by atoms with Crippen LogP contribution in [0.5, 0.6) is 0 Å². The largest absolute Gasteiger partial charge is 0.355 e. The fraction of sp³-hybridized carbons (Fsp3) is 0.900. The standard InChI is InChI=1S/C10H22N2O3/c1-7(2)12-10(13)8(3)11-6-9(14-4)15-5/h7-9,11H,6H2,1-5H3,(H,12,13). The summed E-state index contributed by atoms with van der Waals surface area (Å²) >= 11 is 0. The van der Waals surface area contributed by atoms with E-state index in [2.05, 4.69) is 10.6 Å². The summed E-state index contributed by atoms with van der Waals surface area (Å²) in [7, 11) is 3.13. The number of nitrogens with one attached hydrogen (secondary N) is 2. The molecule has 0 aliphatic carbocycles. The molecule has 0 aliphatic rings. The van der Waals surface area contributed by atoms with Crippen molar-refractivity contribution >= 4 is 5.91 Å². The van der Waals surface area contributed by atoms with Gasteiger partial charge in [0.15, 0.2) is 6.29 Å². The van der Waals surface area contributed by atoms with E-state index in [0.29, 0.717) is 6.54 Å². The molecule has 0 saturated carbocycles. The summed E-state index contributed by atoms with van der Waals surface area (Å²) in [5.41, 5.74) is 0. The lowest BCUT2D eigenvalue weighted by Crippen LogP contribution is -2.47. The van der Waals surface area contributed by atoms with Crippen LogP contribution >= 0.6 is 0 Å². The van der Waals surface area contributed by atoms with Crippen LogP contribution in [0.4, 0.5) is 0 Å². The predicted octanol–water partition coefficient (Wildman–Crippen LogP) is 0.108. The highest BCUT2D eigenvalue weighted by Gasteiger charge is 2.14. The molecule has 0 aromatic rings. The number of rotatable bonds is 7. The maximum absolute atomic E-state index is 11.5. The van der Waals surface area contributed by atoms with Crippen molar-refractivity contribution in [2.45, 2.75) is 39.1 Å². The van der Waals surface area contributed by atoms with E-state index in [-0.39, 0.29) is 24.3 Å². The topological polar surface area (TPSA) is 59.6 Å². The highest BCUT2D eigenvalue weighted by atomic mass is 16.7. The van der Waals surface area contributed by atoms with Crippen LogP contribution in [-0.2, 0) is 14.3 Å². The molecule has 15 heavy (non-hydrogen) atoms. The van der Waals surface area contributed by atoms with Crippen LogP contribution in [0.1, 0.15) is 20.8 Å². The van der Waals surface area contributed by atoms with Gasteiger partial charge in [0.2, 0.25) is 5.91 Å². The summed E-state index contributed by atoms with van der Waals surface area (Å²) in [6.45, 7) is 6.15. The molecule has 0 bridgehead atoms. The predicted molar refractivity (Wildman–Crippen MR) is 58.5 cm³/mol. The average molecular weight is 218 g/mol. The second-order valence-electron chi connectivity index (χ2n) is 3.69. The van der Waals surface area contributed by atoms with Crippen molar-refractivity contribution in [1.29, 1.82) is 0 Å². The monoisotopic (exact) mass is 218 g/mol. The van der Waals surface area contributed by atoms with Crippen molar-refractivity contribution in [3.63, 3.8) is 0 Å². The second-order valence-corrected chi connectivity index (χ2v) is 3.69. The highest BCUT2D eigenvalue weighted by molar-refractivity contribution is 5.81. The zero-order valence-electron chi connectivity index (χ0n) is 10.2. The van der Waals surface area contributed by atoms with Crippen LogP contribution in [0.25, 0.3) is 0 Å². The first-order chi connectivity index (χ1) is 7.01. The Labute approximate surface area is 91.5 Å². The van der Waals surface area contributed by atoms with Crippen LogP contribution in [0.2, 0.25) is 0 Å². The van der Waals surface area contributed by atoms with Crippen molar-refractivity contribution < 1.29 is 14.3 Å². The van der Waals surface area contributed by atoms with Crippen molar-refractivity contribution in [2.75, 3.05) is 20.8 Å². The molecule has 0 radical (unpaired) electrons. The lowest BCUT2D eigenvalue weighted by molar-refractivity contribution is -0.125. The number of amides is 1. The molecule has 1 atom stereocenters. The van der Waals surface area contributed by atoms with E-state index in [1.54, 1.807) is 21.1 Å². The number of hydrogen-bond acceptors (Lipinski definition) is 4. The van der Waals surface area contributed by atoms with E-state index in [9.17, 15) is 4.79 Å². The zero-order chi connectivity index (χ0) is 11.8. The summed E-state index contributed by atoms with van der Waals surface area (Å²) in [6, 6.07) is -0.0948. The van der Waals surface area contributed by atoms with Gasteiger partial charge < -0.3 is 20.1 Å². The van der Waals surface area contributed by atoms with Gasteiger partial charge in [0.05, 0.1) is 6.04 Å². The lowest BCUT2D eigenvalue weighted by atomic mass is 10.3. The number of methoxy groups -OCH3 is 2. The third-order valence-electron chi connectivity index (χ3n) is 1.94. The summed E-state index contributed by atoms with van der Waals surface area (Å²) < 4.78 is 9.99. The summed E-state index contributed by atoms with van der Waals surface area (Å²) in [4.78, 5) is 11.5. The maximum atomic E-state index is 11.5.